The van der Waals surface area contributed by atoms with Crippen molar-refractivity contribution in [1.29, 1.82) is 0 Å². The Morgan fingerprint density at radius 3 is 2.48 bits per heavy atom. The third-order valence-electron chi connectivity index (χ3n) is 5.97. The van der Waals surface area contributed by atoms with Crippen LogP contribution in [0, 0.1) is 5.41 Å². The molecule has 0 spiro atoms. The van der Waals surface area contributed by atoms with Crippen molar-refractivity contribution >= 4 is 11.8 Å². The zero-order valence-electron chi connectivity index (χ0n) is 19.5. The molecule has 5 nitrogen and oxygen atoms in total. The third-order valence-corrected chi connectivity index (χ3v) is 5.97. The zero-order chi connectivity index (χ0) is 22.6. The van der Waals surface area contributed by atoms with Gasteiger partial charge in [-0.1, -0.05) is 45.7 Å². The third kappa shape index (κ3) is 5.20. The molecular formula is C26H35NO4. The number of benzene rings is 1. The Morgan fingerprint density at radius 1 is 1.13 bits per heavy atom. The molecule has 168 valence electrons. The van der Waals surface area contributed by atoms with Crippen LogP contribution in [0.25, 0.3) is 0 Å². The lowest BCUT2D eigenvalue weighted by Gasteiger charge is -2.39. The number of ether oxygens (including phenoxy) is 2. The molecule has 0 radical (unpaired) electrons. The number of dihydropyridines is 1. The number of Topliss-reactive ketones (excluding diaryl/α,β-unsaturated/α-hetero) is 1. The molecule has 1 atom stereocenters. The van der Waals surface area contributed by atoms with Crippen LogP contribution in [0.1, 0.15) is 78.2 Å². The van der Waals surface area contributed by atoms with E-state index in [2.05, 4.69) is 26.1 Å². The molecule has 0 saturated heterocycles. The highest BCUT2D eigenvalue weighted by molar-refractivity contribution is 6.04. The lowest BCUT2D eigenvalue weighted by atomic mass is 9.68. The highest BCUT2D eigenvalue weighted by atomic mass is 16.5. The summed E-state index contributed by atoms with van der Waals surface area (Å²) in [7, 11) is 0. The van der Waals surface area contributed by atoms with Crippen LogP contribution >= 0.6 is 0 Å². The quantitative estimate of drug-likeness (QED) is 0.445. The molecule has 0 saturated carbocycles. The average molecular weight is 426 g/mol. The fourth-order valence-electron chi connectivity index (χ4n) is 4.56. The summed E-state index contributed by atoms with van der Waals surface area (Å²) in [4.78, 5) is 26.4. The van der Waals surface area contributed by atoms with Gasteiger partial charge in [0.05, 0.1) is 18.8 Å². The monoisotopic (exact) mass is 425 g/mol. The van der Waals surface area contributed by atoms with Crippen molar-refractivity contribution in [3.8, 4) is 5.75 Å². The van der Waals surface area contributed by atoms with Crippen molar-refractivity contribution in [2.75, 3.05) is 13.2 Å². The topological polar surface area (TPSA) is 64.6 Å². The van der Waals surface area contributed by atoms with Crippen LogP contribution in [0.15, 0.2) is 46.8 Å². The number of hydrogen-bond donors (Lipinski definition) is 1. The Labute approximate surface area is 185 Å². The summed E-state index contributed by atoms with van der Waals surface area (Å²) in [6, 6.07) is 7.71. The van der Waals surface area contributed by atoms with Gasteiger partial charge in [-0.05, 0) is 49.8 Å². The predicted molar refractivity (Wildman–Crippen MR) is 122 cm³/mol. The zero-order valence-corrected chi connectivity index (χ0v) is 19.5. The molecule has 31 heavy (non-hydrogen) atoms. The summed E-state index contributed by atoms with van der Waals surface area (Å²) in [5.74, 6) is 0.106. The van der Waals surface area contributed by atoms with Crippen LogP contribution in [-0.2, 0) is 14.3 Å². The standard InChI is InChI=1S/C26H35NO4/c1-6-8-9-14-31-25(29)22-17(3)27-20-15-26(4,5)16-21(28)24(20)23(22)18-10-12-19(13-11-18)30-7-2/h10-13,23,27H,6-9,14-16H2,1-5H3/t23-/m0/s1. The average Bonchev–Trinajstić information content (AvgIpc) is 2.70. The van der Waals surface area contributed by atoms with Gasteiger partial charge < -0.3 is 14.8 Å². The molecule has 1 aromatic rings. The molecule has 1 heterocycles. The maximum atomic E-state index is 13.3. The minimum Gasteiger partial charge on any atom is -0.494 e. The molecule has 0 amide bonds. The molecule has 1 aromatic carbocycles. The highest BCUT2D eigenvalue weighted by Crippen LogP contribution is 2.46. The number of hydrogen-bond acceptors (Lipinski definition) is 5. The molecule has 2 aliphatic rings. The van der Waals surface area contributed by atoms with Gasteiger partial charge in [-0.25, -0.2) is 4.79 Å². The number of nitrogens with one attached hydrogen (secondary N) is 1. The Bertz CT molecular complexity index is 892. The van der Waals surface area contributed by atoms with Gasteiger partial charge in [0.25, 0.3) is 0 Å². The predicted octanol–water partition coefficient (Wildman–Crippen LogP) is 5.42. The molecule has 5 heteroatoms. The molecule has 0 fully saturated rings. The number of esters is 1. The van der Waals surface area contributed by atoms with Crippen molar-refractivity contribution in [1.82, 2.24) is 5.32 Å². The minimum atomic E-state index is -0.422. The normalized spacial score (nSPS) is 20.3. The van der Waals surface area contributed by atoms with Crippen molar-refractivity contribution < 1.29 is 19.1 Å². The van der Waals surface area contributed by atoms with Crippen LogP contribution in [0.2, 0.25) is 0 Å². The van der Waals surface area contributed by atoms with Crippen LogP contribution < -0.4 is 10.1 Å². The first-order valence-corrected chi connectivity index (χ1v) is 11.4. The van der Waals surface area contributed by atoms with Gasteiger partial charge in [-0.15, -0.1) is 0 Å². The van der Waals surface area contributed by atoms with Gasteiger partial charge in [0.15, 0.2) is 5.78 Å². The Morgan fingerprint density at radius 2 is 1.84 bits per heavy atom. The summed E-state index contributed by atoms with van der Waals surface area (Å²) < 4.78 is 11.2. The lowest BCUT2D eigenvalue weighted by Crippen LogP contribution is -2.38. The smallest absolute Gasteiger partial charge is 0.336 e. The van der Waals surface area contributed by atoms with Crippen molar-refractivity contribution in [2.45, 2.75) is 72.6 Å². The molecule has 0 unspecified atom stereocenters. The van der Waals surface area contributed by atoms with E-state index in [1.54, 1.807) is 0 Å². The number of allylic oxidation sites excluding steroid dienone is 3. The van der Waals surface area contributed by atoms with E-state index < -0.39 is 5.92 Å². The van der Waals surface area contributed by atoms with E-state index in [1.165, 1.54) is 0 Å². The number of carbonyl (C=O) groups is 2. The van der Waals surface area contributed by atoms with Crippen LogP contribution in [0.3, 0.4) is 0 Å². The van der Waals surface area contributed by atoms with E-state index >= 15 is 0 Å². The summed E-state index contributed by atoms with van der Waals surface area (Å²) in [6.45, 7) is 11.2. The largest absolute Gasteiger partial charge is 0.494 e. The summed E-state index contributed by atoms with van der Waals surface area (Å²) in [5, 5.41) is 3.38. The fraction of sp³-hybridized carbons (Fsp3) is 0.538. The van der Waals surface area contributed by atoms with Crippen molar-refractivity contribution in [2.24, 2.45) is 5.41 Å². The Hall–Kier alpha value is -2.56. The van der Waals surface area contributed by atoms with Gasteiger partial charge in [-0.3, -0.25) is 4.79 Å². The van der Waals surface area contributed by atoms with E-state index in [1.807, 2.05) is 38.1 Å². The van der Waals surface area contributed by atoms with Gasteiger partial charge in [0, 0.05) is 29.3 Å². The van der Waals surface area contributed by atoms with Gasteiger partial charge in [-0.2, -0.15) is 0 Å². The maximum absolute atomic E-state index is 13.3. The van der Waals surface area contributed by atoms with E-state index in [0.717, 1.165) is 48.4 Å². The fourth-order valence-corrected chi connectivity index (χ4v) is 4.56. The van der Waals surface area contributed by atoms with Crippen molar-refractivity contribution in [3.05, 3.63) is 52.4 Å². The van der Waals surface area contributed by atoms with E-state index in [9.17, 15) is 9.59 Å². The van der Waals surface area contributed by atoms with Crippen LogP contribution in [0.5, 0.6) is 5.75 Å². The second-order valence-electron chi connectivity index (χ2n) is 9.27. The molecule has 1 N–H and O–H groups in total. The second-order valence-corrected chi connectivity index (χ2v) is 9.27. The Kier molecular flexibility index (Phi) is 7.24. The first kappa shape index (κ1) is 23.1. The Balaban J connectivity index is 2.00. The summed E-state index contributed by atoms with van der Waals surface area (Å²) in [5.41, 5.74) is 3.74. The molecule has 3 rings (SSSR count). The van der Waals surface area contributed by atoms with E-state index in [-0.39, 0.29) is 17.2 Å². The number of unbranched alkanes of at least 4 members (excludes halogenated alkanes) is 2. The molecule has 1 aliphatic carbocycles. The van der Waals surface area contributed by atoms with Gasteiger partial charge >= 0.3 is 5.97 Å². The maximum Gasteiger partial charge on any atom is 0.336 e. The number of carbonyl (C=O) groups excluding carboxylic acids is 2. The van der Waals surface area contributed by atoms with E-state index in [4.69, 9.17) is 9.47 Å². The molecule has 0 bridgehead atoms. The SMILES string of the molecule is CCCCCOC(=O)C1=C(C)NC2=C(C(=O)CC(C)(C)C2)[C@H]1c1ccc(OCC)cc1. The highest BCUT2D eigenvalue weighted by Gasteiger charge is 2.43. The van der Waals surface area contributed by atoms with Crippen LogP contribution in [0.4, 0.5) is 0 Å². The van der Waals surface area contributed by atoms with E-state index in [0.29, 0.717) is 30.8 Å². The molecule has 1 aliphatic heterocycles. The second kappa shape index (κ2) is 9.71. The summed E-state index contributed by atoms with van der Waals surface area (Å²) >= 11 is 0. The van der Waals surface area contributed by atoms with Crippen molar-refractivity contribution in [3.63, 3.8) is 0 Å². The van der Waals surface area contributed by atoms with Gasteiger partial charge in [0.2, 0.25) is 0 Å². The molecule has 0 aromatic heterocycles. The van der Waals surface area contributed by atoms with Gasteiger partial charge in [0.1, 0.15) is 5.75 Å². The first-order chi connectivity index (χ1) is 14.8. The molecular weight excluding hydrogens is 390 g/mol. The summed E-state index contributed by atoms with van der Waals surface area (Å²) in [6.07, 6.45) is 4.18. The number of ketones is 1. The van der Waals surface area contributed by atoms with Crippen LogP contribution in [-0.4, -0.2) is 25.0 Å². The number of rotatable bonds is 8. The first-order valence-electron chi connectivity index (χ1n) is 11.4. The lowest BCUT2D eigenvalue weighted by molar-refractivity contribution is -0.139. The minimum absolute atomic E-state index is 0.0985.